The van der Waals surface area contributed by atoms with Gasteiger partial charge in [0, 0.05) is 17.6 Å². The van der Waals surface area contributed by atoms with Gasteiger partial charge in [-0.05, 0) is 53.1 Å². The minimum atomic E-state index is 0.470. The number of aryl methyl sites for hydroxylation is 2. The molecule has 0 spiro atoms. The smallest absolute Gasteiger partial charge is 0.0457 e. The molecule has 1 nitrogen and oxygen atoms in total. The summed E-state index contributed by atoms with van der Waals surface area (Å²) in [5.41, 5.74) is 6.68. The van der Waals surface area contributed by atoms with Gasteiger partial charge in [0.25, 0.3) is 0 Å². The summed E-state index contributed by atoms with van der Waals surface area (Å²) in [5.74, 6) is 0. The first-order valence-electron chi connectivity index (χ1n) is 7.77. The van der Waals surface area contributed by atoms with E-state index in [0.29, 0.717) is 6.04 Å². The van der Waals surface area contributed by atoms with Gasteiger partial charge in [-0.3, -0.25) is 0 Å². The first-order chi connectivity index (χ1) is 10.1. The molecule has 2 aromatic rings. The Morgan fingerprint density at radius 2 is 1.71 bits per heavy atom. The van der Waals surface area contributed by atoms with Crippen LogP contribution in [0.15, 0.2) is 36.4 Å². The first-order valence-corrected chi connectivity index (χ1v) is 8.15. The fourth-order valence-corrected chi connectivity index (χ4v) is 3.18. The molecule has 0 saturated carbocycles. The molecule has 2 aromatic carbocycles. The zero-order chi connectivity index (χ0) is 14.8. The molecule has 2 heteroatoms. The van der Waals surface area contributed by atoms with Crippen molar-refractivity contribution >= 4 is 11.6 Å². The van der Waals surface area contributed by atoms with Crippen LogP contribution in [0.25, 0.3) is 11.1 Å². The molecule has 21 heavy (non-hydrogen) atoms. The molecule has 0 aliphatic heterocycles. The molecular formula is C19H22ClN. The van der Waals surface area contributed by atoms with Crippen LogP contribution in [0.3, 0.4) is 0 Å². The maximum atomic E-state index is 6.44. The molecule has 1 N–H and O–H groups in total. The van der Waals surface area contributed by atoms with E-state index in [1.807, 2.05) is 0 Å². The molecule has 0 aromatic heterocycles. The van der Waals surface area contributed by atoms with Gasteiger partial charge in [0.15, 0.2) is 0 Å². The monoisotopic (exact) mass is 299 g/mol. The highest BCUT2D eigenvalue weighted by atomic mass is 35.5. The van der Waals surface area contributed by atoms with Crippen LogP contribution in [0.5, 0.6) is 0 Å². The topological polar surface area (TPSA) is 12.0 Å². The SMILES string of the molecule is CC(C)NCc1ccc(-c2ccc3c(c2)CCC3)cc1Cl. The number of benzene rings is 2. The summed E-state index contributed by atoms with van der Waals surface area (Å²) < 4.78 is 0. The Bertz CT molecular complexity index is 646. The second kappa shape index (κ2) is 6.21. The van der Waals surface area contributed by atoms with Crippen molar-refractivity contribution in [3.63, 3.8) is 0 Å². The fourth-order valence-electron chi connectivity index (χ4n) is 2.94. The Hall–Kier alpha value is -1.31. The van der Waals surface area contributed by atoms with Crippen LogP contribution < -0.4 is 5.32 Å². The van der Waals surface area contributed by atoms with E-state index in [2.05, 4.69) is 55.6 Å². The van der Waals surface area contributed by atoms with E-state index in [1.165, 1.54) is 41.5 Å². The minimum Gasteiger partial charge on any atom is -0.310 e. The molecule has 1 aliphatic rings. The van der Waals surface area contributed by atoms with Crippen molar-refractivity contribution in [1.29, 1.82) is 0 Å². The van der Waals surface area contributed by atoms with E-state index in [9.17, 15) is 0 Å². The van der Waals surface area contributed by atoms with E-state index in [1.54, 1.807) is 0 Å². The maximum absolute atomic E-state index is 6.44. The van der Waals surface area contributed by atoms with Gasteiger partial charge in [-0.25, -0.2) is 0 Å². The summed E-state index contributed by atoms with van der Waals surface area (Å²) in [6, 6.07) is 13.7. The van der Waals surface area contributed by atoms with Gasteiger partial charge in [0.1, 0.15) is 0 Å². The third-order valence-corrected chi connectivity index (χ3v) is 4.54. The van der Waals surface area contributed by atoms with Crippen molar-refractivity contribution in [2.75, 3.05) is 0 Å². The first kappa shape index (κ1) is 14.6. The van der Waals surface area contributed by atoms with Gasteiger partial charge in [-0.1, -0.05) is 55.8 Å². The van der Waals surface area contributed by atoms with Gasteiger partial charge >= 0.3 is 0 Å². The Kier molecular flexibility index (Phi) is 4.32. The maximum Gasteiger partial charge on any atom is 0.0457 e. The van der Waals surface area contributed by atoms with Gasteiger partial charge in [0.2, 0.25) is 0 Å². The van der Waals surface area contributed by atoms with Crippen LogP contribution in [-0.2, 0) is 19.4 Å². The van der Waals surface area contributed by atoms with Gasteiger partial charge in [-0.15, -0.1) is 0 Å². The standard InChI is InChI=1S/C19H22ClN/c1-13(2)21-12-18-9-8-17(11-19(18)20)16-7-6-14-4-3-5-15(14)10-16/h6-11,13,21H,3-5,12H2,1-2H3. The van der Waals surface area contributed by atoms with E-state index < -0.39 is 0 Å². The summed E-state index contributed by atoms with van der Waals surface area (Å²) >= 11 is 6.44. The fraction of sp³-hybridized carbons (Fsp3) is 0.368. The highest BCUT2D eigenvalue weighted by Gasteiger charge is 2.12. The average Bonchev–Trinajstić information content (AvgIpc) is 2.93. The van der Waals surface area contributed by atoms with Crippen molar-refractivity contribution in [1.82, 2.24) is 5.32 Å². The molecule has 3 rings (SSSR count). The van der Waals surface area contributed by atoms with Crippen molar-refractivity contribution in [3.8, 4) is 11.1 Å². The largest absolute Gasteiger partial charge is 0.310 e. The van der Waals surface area contributed by atoms with Crippen molar-refractivity contribution in [2.45, 2.75) is 45.7 Å². The summed E-state index contributed by atoms with van der Waals surface area (Å²) in [4.78, 5) is 0. The zero-order valence-corrected chi connectivity index (χ0v) is 13.5. The van der Waals surface area contributed by atoms with Crippen LogP contribution >= 0.6 is 11.6 Å². The predicted molar refractivity (Wildman–Crippen MR) is 90.9 cm³/mol. The highest BCUT2D eigenvalue weighted by Crippen LogP contribution is 2.30. The van der Waals surface area contributed by atoms with Crippen LogP contribution in [0.1, 0.15) is 37.0 Å². The molecular weight excluding hydrogens is 278 g/mol. The Morgan fingerprint density at radius 3 is 2.48 bits per heavy atom. The second-order valence-electron chi connectivity index (χ2n) is 6.18. The van der Waals surface area contributed by atoms with Crippen LogP contribution in [0, 0.1) is 0 Å². The Balaban J connectivity index is 1.84. The second-order valence-corrected chi connectivity index (χ2v) is 6.59. The summed E-state index contributed by atoms with van der Waals surface area (Å²) in [6.07, 6.45) is 3.74. The number of rotatable bonds is 4. The Morgan fingerprint density at radius 1 is 1.00 bits per heavy atom. The van der Waals surface area contributed by atoms with E-state index in [-0.39, 0.29) is 0 Å². The molecule has 0 unspecified atom stereocenters. The predicted octanol–water partition coefficient (Wildman–Crippen LogP) is 4.99. The normalized spacial score (nSPS) is 13.7. The van der Waals surface area contributed by atoms with Crippen molar-refractivity contribution in [3.05, 3.63) is 58.1 Å². The average molecular weight is 300 g/mol. The number of fused-ring (bicyclic) bond motifs is 1. The number of hydrogen-bond donors (Lipinski definition) is 1. The highest BCUT2D eigenvalue weighted by molar-refractivity contribution is 6.31. The lowest BCUT2D eigenvalue weighted by atomic mass is 9.99. The molecule has 0 fully saturated rings. The van der Waals surface area contributed by atoms with E-state index in [0.717, 1.165) is 17.1 Å². The molecule has 0 amide bonds. The third-order valence-electron chi connectivity index (χ3n) is 4.19. The zero-order valence-electron chi connectivity index (χ0n) is 12.7. The lowest BCUT2D eigenvalue weighted by molar-refractivity contribution is 0.589. The molecule has 0 radical (unpaired) electrons. The Labute approximate surface area is 132 Å². The molecule has 0 heterocycles. The van der Waals surface area contributed by atoms with Crippen LogP contribution in [0.4, 0.5) is 0 Å². The van der Waals surface area contributed by atoms with Crippen molar-refractivity contribution < 1.29 is 0 Å². The molecule has 1 aliphatic carbocycles. The molecule has 0 saturated heterocycles. The van der Waals surface area contributed by atoms with Crippen LogP contribution in [0.2, 0.25) is 5.02 Å². The lowest BCUT2D eigenvalue weighted by Crippen LogP contribution is -2.21. The van der Waals surface area contributed by atoms with Crippen LogP contribution in [-0.4, -0.2) is 6.04 Å². The molecule has 0 atom stereocenters. The van der Waals surface area contributed by atoms with E-state index >= 15 is 0 Å². The number of hydrogen-bond acceptors (Lipinski definition) is 1. The number of nitrogens with one attached hydrogen (secondary N) is 1. The summed E-state index contributed by atoms with van der Waals surface area (Å²) in [7, 11) is 0. The van der Waals surface area contributed by atoms with E-state index in [4.69, 9.17) is 11.6 Å². The minimum absolute atomic E-state index is 0.470. The molecule has 0 bridgehead atoms. The molecule has 110 valence electrons. The quantitative estimate of drug-likeness (QED) is 0.838. The van der Waals surface area contributed by atoms with Gasteiger partial charge in [-0.2, -0.15) is 0 Å². The lowest BCUT2D eigenvalue weighted by Gasteiger charge is -2.11. The van der Waals surface area contributed by atoms with Gasteiger partial charge < -0.3 is 5.32 Å². The van der Waals surface area contributed by atoms with Gasteiger partial charge in [0.05, 0.1) is 0 Å². The third kappa shape index (κ3) is 3.30. The summed E-state index contributed by atoms with van der Waals surface area (Å²) in [6.45, 7) is 5.11. The van der Waals surface area contributed by atoms with Crippen molar-refractivity contribution in [2.24, 2.45) is 0 Å². The summed E-state index contributed by atoms with van der Waals surface area (Å²) in [5, 5.41) is 4.26. The number of halogens is 1.